The van der Waals surface area contributed by atoms with E-state index in [4.69, 9.17) is 5.73 Å². The average Bonchev–Trinajstić information content (AvgIpc) is 2.65. The first kappa shape index (κ1) is 10.4. The molecule has 2 nitrogen and oxygen atoms in total. The Morgan fingerprint density at radius 1 is 1.14 bits per heavy atom. The molecule has 82 valence electrons. The number of rotatable bonds is 4. The molecule has 0 heterocycles. The minimum atomic E-state index is 0.801. The van der Waals surface area contributed by atoms with Gasteiger partial charge in [0.05, 0.1) is 0 Å². The highest BCUT2D eigenvalue weighted by molar-refractivity contribution is 4.92. The molecule has 14 heavy (non-hydrogen) atoms. The number of hydrogen-bond donors (Lipinski definition) is 1. The molecule has 0 aromatic rings. The molecule has 0 spiro atoms. The van der Waals surface area contributed by atoms with Crippen molar-refractivity contribution in [3.63, 3.8) is 0 Å². The summed E-state index contributed by atoms with van der Waals surface area (Å²) in [5.41, 5.74) is 5.79. The van der Waals surface area contributed by atoms with E-state index in [-0.39, 0.29) is 0 Å². The molecule has 2 atom stereocenters. The van der Waals surface area contributed by atoms with Crippen LogP contribution in [-0.2, 0) is 0 Å². The molecule has 0 saturated heterocycles. The Kier molecular flexibility index (Phi) is 3.45. The van der Waals surface area contributed by atoms with E-state index in [1.807, 2.05) is 0 Å². The lowest BCUT2D eigenvalue weighted by molar-refractivity contribution is 0.0371. The third-order valence-electron chi connectivity index (χ3n) is 4.26. The zero-order valence-electron chi connectivity index (χ0n) is 9.41. The van der Waals surface area contributed by atoms with Crippen LogP contribution in [0.2, 0.25) is 0 Å². The zero-order valence-corrected chi connectivity index (χ0v) is 9.41. The van der Waals surface area contributed by atoms with Crippen LogP contribution in [0.4, 0.5) is 0 Å². The van der Waals surface area contributed by atoms with Gasteiger partial charge in [-0.15, -0.1) is 0 Å². The molecule has 2 saturated carbocycles. The van der Waals surface area contributed by atoms with Crippen LogP contribution in [-0.4, -0.2) is 30.1 Å². The molecule has 0 amide bonds. The highest BCUT2D eigenvalue weighted by Crippen LogP contribution is 2.35. The molecule has 0 bridgehead atoms. The Bertz CT molecular complexity index is 173. The Balaban J connectivity index is 1.91. The molecule has 2 fully saturated rings. The van der Waals surface area contributed by atoms with Crippen molar-refractivity contribution >= 4 is 0 Å². The van der Waals surface area contributed by atoms with Crippen LogP contribution >= 0.6 is 0 Å². The highest BCUT2D eigenvalue weighted by Gasteiger charge is 2.37. The fourth-order valence-corrected chi connectivity index (χ4v) is 3.26. The lowest BCUT2D eigenvalue weighted by Gasteiger charge is -2.46. The molecule has 0 aliphatic heterocycles. The van der Waals surface area contributed by atoms with Crippen LogP contribution < -0.4 is 5.73 Å². The van der Waals surface area contributed by atoms with Gasteiger partial charge in [0.25, 0.3) is 0 Å². The van der Waals surface area contributed by atoms with Gasteiger partial charge in [-0.3, -0.25) is 4.90 Å². The number of nitrogens with two attached hydrogens (primary N) is 1. The second-order valence-electron chi connectivity index (χ2n) is 4.91. The molecule has 0 aromatic heterocycles. The predicted molar refractivity (Wildman–Crippen MR) is 60.2 cm³/mol. The summed E-state index contributed by atoms with van der Waals surface area (Å²) in [6, 6.07) is 1.72. The first-order valence-electron chi connectivity index (χ1n) is 6.32. The van der Waals surface area contributed by atoms with Gasteiger partial charge in [0.2, 0.25) is 0 Å². The maximum Gasteiger partial charge on any atom is 0.0138 e. The molecule has 0 radical (unpaired) electrons. The third-order valence-corrected chi connectivity index (χ3v) is 4.26. The van der Waals surface area contributed by atoms with E-state index in [1.54, 1.807) is 0 Å². The van der Waals surface area contributed by atoms with Crippen molar-refractivity contribution in [2.24, 2.45) is 11.7 Å². The van der Waals surface area contributed by atoms with Gasteiger partial charge in [-0.2, -0.15) is 0 Å². The van der Waals surface area contributed by atoms with Gasteiger partial charge in [0.15, 0.2) is 0 Å². The average molecular weight is 196 g/mol. The van der Waals surface area contributed by atoms with Gasteiger partial charge in [-0.1, -0.05) is 19.8 Å². The van der Waals surface area contributed by atoms with Gasteiger partial charge in [0.1, 0.15) is 0 Å². The van der Waals surface area contributed by atoms with Gasteiger partial charge >= 0.3 is 0 Å². The molecule has 2 aliphatic rings. The minimum Gasteiger partial charge on any atom is -0.330 e. The van der Waals surface area contributed by atoms with Crippen LogP contribution in [0.1, 0.15) is 45.4 Å². The normalized spacial score (nSPS) is 33.6. The Hall–Kier alpha value is -0.0800. The lowest BCUT2D eigenvalue weighted by atomic mass is 9.78. The molecule has 2 aliphatic carbocycles. The SMILES string of the molecule is CCN(C1CCCC1)C1CCC1CN. The quantitative estimate of drug-likeness (QED) is 0.745. The maximum absolute atomic E-state index is 5.79. The molecular formula is C12H24N2. The van der Waals surface area contributed by atoms with Crippen LogP contribution in [0.3, 0.4) is 0 Å². The summed E-state index contributed by atoms with van der Waals surface area (Å²) in [6.07, 6.45) is 8.52. The molecule has 2 rings (SSSR count). The van der Waals surface area contributed by atoms with E-state index in [1.165, 1.54) is 45.1 Å². The second-order valence-corrected chi connectivity index (χ2v) is 4.91. The summed E-state index contributed by atoms with van der Waals surface area (Å²) in [4.78, 5) is 2.74. The summed E-state index contributed by atoms with van der Waals surface area (Å²) in [6.45, 7) is 4.43. The maximum atomic E-state index is 5.79. The van der Waals surface area contributed by atoms with Crippen LogP contribution in [0.5, 0.6) is 0 Å². The fourth-order valence-electron chi connectivity index (χ4n) is 3.26. The van der Waals surface area contributed by atoms with E-state index in [2.05, 4.69) is 11.8 Å². The monoisotopic (exact) mass is 196 g/mol. The van der Waals surface area contributed by atoms with Gasteiger partial charge in [-0.25, -0.2) is 0 Å². The van der Waals surface area contributed by atoms with Gasteiger partial charge in [-0.05, 0) is 44.7 Å². The van der Waals surface area contributed by atoms with Crippen molar-refractivity contribution in [2.75, 3.05) is 13.1 Å². The predicted octanol–water partition coefficient (Wildman–Crippen LogP) is 1.99. The Labute approximate surface area is 87.8 Å². The van der Waals surface area contributed by atoms with E-state index >= 15 is 0 Å². The summed E-state index contributed by atoms with van der Waals surface area (Å²) in [7, 11) is 0. The second kappa shape index (κ2) is 4.63. The third kappa shape index (κ3) is 1.82. The summed E-state index contributed by atoms with van der Waals surface area (Å²) < 4.78 is 0. The van der Waals surface area contributed by atoms with Crippen molar-refractivity contribution in [3.8, 4) is 0 Å². The first-order valence-corrected chi connectivity index (χ1v) is 6.32. The Morgan fingerprint density at radius 2 is 1.86 bits per heavy atom. The fraction of sp³-hybridized carbons (Fsp3) is 1.00. The van der Waals surface area contributed by atoms with Crippen molar-refractivity contribution in [2.45, 2.75) is 57.5 Å². The van der Waals surface area contributed by atoms with Crippen molar-refractivity contribution in [3.05, 3.63) is 0 Å². The van der Waals surface area contributed by atoms with Crippen molar-refractivity contribution in [1.82, 2.24) is 4.90 Å². The smallest absolute Gasteiger partial charge is 0.0138 e. The number of nitrogens with zero attached hydrogens (tertiary/aromatic N) is 1. The summed E-state index contributed by atoms with van der Waals surface area (Å²) >= 11 is 0. The molecule has 2 unspecified atom stereocenters. The lowest BCUT2D eigenvalue weighted by Crippen LogP contribution is -2.53. The first-order chi connectivity index (χ1) is 6.86. The van der Waals surface area contributed by atoms with Crippen LogP contribution in [0.25, 0.3) is 0 Å². The Morgan fingerprint density at radius 3 is 2.29 bits per heavy atom. The van der Waals surface area contributed by atoms with E-state index in [9.17, 15) is 0 Å². The number of hydrogen-bond acceptors (Lipinski definition) is 2. The van der Waals surface area contributed by atoms with Crippen molar-refractivity contribution < 1.29 is 0 Å². The molecule has 2 N–H and O–H groups in total. The van der Waals surface area contributed by atoms with E-state index in [0.29, 0.717) is 0 Å². The molecule has 2 heteroatoms. The van der Waals surface area contributed by atoms with Crippen LogP contribution in [0, 0.1) is 5.92 Å². The standard InChI is InChI=1S/C12H24N2/c1-2-14(11-5-3-4-6-11)12-8-7-10(12)9-13/h10-12H,2-9,13H2,1H3. The zero-order chi connectivity index (χ0) is 9.97. The summed E-state index contributed by atoms with van der Waals surface area (Å²) in [5, 5.41) is 0. The minimum absolute atomic E-state index is 0.801. The van der Waals surface area contributed by atoms with E-state index in [0.717, 1.165) is 24.5 Å². The highest BCUT2D eigenvalue weighted by atomic mass is 15.2. The van der Waals surface area contributed by atoms with Crippen molar-refractivity contribution in [1.29, 1.82) is 0 Å². The van der Waals surface area contributed by atoms with Gasteiger partial charge in [0, 0.05) is 12.1 Å². The largest absolute Gasteiger partial charge is 0.330 e. The van der Waals surface area contributed by atoms with Crippen LogP contribution in [0.15, 0.2) is 0 Å². The molecule has 0 aromatic carbocycles. The topological polar surface area (TPSA) is 29.3 Å². The molecular weight excluding hydrogens is 172 g/mol. The van der Waals surface area contributed by atoms with Gasteiger partial charge < -0.3 is 5.73 Å². The van der Waals surface area contributed by atoms with E-state index < -0.39 is 0 Å². The summed E-state index contributed by atoms with van der Waals surface area (Å²) in [5.74, 6) is 0.801.